The van der Waals surface area contributed by atoms with Crippen molar-refractivity contribution in [1.82, 2.24) is 0 Å². The van der Waals surface area contributed by atoms with Gasteiger partial charge in [0.1, 0.15) is 0 Å². The molecule has 1 aromatic carbocycles. The second-order valence-corrected chi connectivity index (χ2v) is 3.36. The molecule has 2 rings (SSSR count). The van der Waals surface area contributed by atoms with E-state index in [1.54, 1.807) is 0 Å². The van der Waals surface area contributed by atoms with Crippen LogP contribution in [0.15, 0.2) is 18.2 Å². The van der Waals surface area contributed by atoms with E-state index in [1.807, 2.05) is 12.1 Å². The fourth-order valence-electron chi connectivity index (χ4n) is 1.97. The van der Waals surface area contributed by atoms with Crippen LogP contribution in [0.25, 0.3) is 0 Å². The molecule has 0 fully saturated rings. The first-order chi connectivity index (χ1) is 5.29. The summed E-state index contributed by atoms with van der Waals surface area (Å²) in [5, 5.41) is 0. The third-order valence-electron chi connectivity index (χ3n) is 2.57. The molecular weight excluding hydrogens is 134 g/mol. The molecule has 1 aliphatic carbocycles. The van der Waals surface area contributed by atoms with Crippen molar-refractivity contribution in [3.8, 4) is 0 Å². The summed E-state index contributed by atoms with van der Waals surface area (Å²) < 4.78 is 0. The van der Waals surface area contributed by atoms with Crippen LogP contribution < -0.4 is 5.73 Å². The van der Waals surface area contributed by atoms with Crippen molar-refractivity contribution in [2.24, 2.45) is 0 Å². The topological polar surface area (TPSA) is 26.0 Å². The number of nitrogens with two attached hydrogens (primary N) is 1. The van der Waals surface area contributed by atoms with Crippen LogP contribution in [0.3, 0.4) is 0 Å². The van der Waals surface area contributed by atoms with Gasteiger partial charge < -0.3 is 5.73 Å². The predicted molar refractivity (Wildman–Crippen MR) is 47.6 cm³/mol. The number of anilines is 1. The van der Waals surface area contributed by atoms with Crippen LogP contribution in [-0.4, -0.2) is 0 Å². The zero-order chi connectivity index (χ0) is 7.84. The average molecular weight is 147 g/mol. The zero-order valence-corrected chi connectivity index (χ0v) is 6.80. The summed E-state index contributed by atoms with van der Waals surface area (Å²) in [4.78, 5) is 0. The molecule has 0 bridgehead atoms. The van der Waals surface area contributed by atoms with E-state index in [0.29, 0.717) is 5.92 Å². The molecule has 0 amide bonds. The van der Waals surface area contributed by atoms with Crippen LogP contribution in [0, 0.1) is 0 Å². The Morgan fingerprint density at radius 2 is 2.27 bits per heavy atom. The van der Waals surface area contributed by atoms with E-state index in [-0.39, 0.29) is 0 Å². The summed E-state index contributed by atoms with van der Waals surface area (Å²) in [7, 11) is 0. The summed E-state index contributed by atoms with van der Waals surface area (Å²) >= 11 is 0. The molecule has 1 atom stereocenters. The van der Waals surface area contributed by atoms with Gasteiger partial charge in [0.25, 0.3) is 0 Å². The van der Waals surface area contributed by atoms with Crippen molar-refractivity contribution in [3.05, 3.63) is 29.3 Å². The van der Waals surface area contributed by atoms with Crippen molar-refractivity contribution in [2.45, 2.75) is 25.7 Å². The second kappa shape index (κ2) is 2.26. The van der Waals surface area contributed by atoms with Crippen LogP contribution in [0.1, 0.15) is 30.4 Å². The third-order valence-corrected chi connectivity index (χ3v) is 2.57. The van der Waals surface area contributed by atoms with Gasteiger partial charge >= 0.3 is 0 Å². The van der Waals surface area contributed by atoms with E-state index in [1.165, 1.54) is 24.0 Å². The molecule has 1 aromatic rings. The normalized spacial score (nSPS) is 21.7. The Balaban J connectivity index is 2.58. The lowest BCUT2D eigenvalue weighted by Gasteiger charge is -2.06. The molecule has 0 aliphatic heterocycles. The molecule has 0 heterocycles. The maximum atomic E-state index is 5.86. The molecule has 0 radical (unpaired) electrons. The van der Waals surface area contributed by atoms with Crippen LogP contribution in [-0.2, 0) is 6.42 Å². The van der Waals surface area contributed by atoms with Gasteiger partial charge in [-0.15, -0.1) is 0 Å². The van der Waals surface area contributed by atoms with E-state index in [2.05, 4.69) is 13.0 Å². The predicted octanol–water partition coefficient (Wildman–Crippen LogP) is 2.32. The lowest BCUT2D eigenvalue weighted by molar-refractivity contribution is 0.748. The Morgan fingerprint density at radius 3 is 3.00 bits per heavy atom. The second-order valence-electron chi connectivity index (χ2n) is 3.36. The molecule has 1 heteroatoms. The van der Waals surface area contributed by atoms with Crippen molar-refractivity contribution in [2.75, 3.05) is 5.73 Å². The number of benzene rings is 1. The number of rotatable bonds is 0. The smallest absolute Gasteiger partial charge is 0.0352 e. The molecule has 1 aliphatic rings. The number of fused-ring (bicyclic) bond motifs is 1. The van der Waals surface area contributed by atoms with Gasteiger partial charge in [-0.25, -0.2) is 0 Å². The van der Waals surface area contributed by atoms with Gasteiger partial charge in [0.2, 0.25) is 0 Å². The van der Waals surface area contributed by atoms with Crippen molar-refractivity contribution >= 4 is 5.69 Å². The summed E-state index contributed by atoms with van der Waals surface area (Å²) in [5.41, 5.74) is 9.69. The number of hydrogen-bond acceptors (Lipinski definition) is 1. The standard InChI is InChI=1S/C10H13N/c1-7-5-6-8-3-2-4-9(11)10(7)8/h2-4,7H,5-6,11H2,1H3. The highest BCUT2D eigenvalue weighted by molar-refractivity contribution is 5.54. The van der Waals surface area contributed by atoms with Gasteiger partial charge in [-0.2, -0.15) is 0 Å². The molecule has 2 N–H and O–H groups in total. The summed E-state index contributed by atoms with van der Waals surface area (Å²) in [5.74, 6) is 0.672. The van der Waals surface area contributed by atoms with E-state index >= 15 is 0 Å². The quantitative estimate of drug-likeness (QED) is 0.560. The first-order valence-electron chi connectivity index (χ1n) is 4.16. The molecule has 0 aromatic heterocycles. The average Bonchev–Trinajstić information content (AvgIpc) is 2.34. The van der Waals surface area contributed by atoms with Gasteiger partial charge in [0.15, 0.2) is 0 Å². The minimum absolute atomic E-state index is 0.672. The summed E-state index contributed by atoms with van der Waals surface area (Å²) in [6.07, 6.45) is 2.48. The Bertz CT molecular complexity index is 278. The highest BCUT2D eigenvalue weighted by Gasteiger charge is 2.19. The molecule has 1 nitrogen and oxygen atoms in total. The molecule has 0 saturated carbocycles. The van der Waals surface area contributed by atoms with Gasteiger partial charge in [-0.3, -0.25) is 0 Å². The Morgan fingerprint density at radius 1 is 1.45 bits per heavy atom. The number of hydrogen-bond donors (Lipinski definition) is 1. The lowest BCUT2D eigenvalue weighted by Crippen LogP contribution is -1.94. The van der Waals surface area contributed by atoms with E-state index in [4.69, 9.17) is 5.73 Å². The van der Waals surface area contributed by atoms with Crippen molar-refractivity contribution in [3.63, 3.8) is 0 Å². The summed E-state index contributed by atoms with van der Waals surface area (Å²) in [6, 6.07) is 6.24. The largest absolute Gasteiger partial charge is 0.398 e. The SMILES string of the molecule is CC1CCc2cccc(N)c21. The highest BCUT2D eigenvalue weighted by Crippen LogP contribution is 2.36. The first kappa shape index (κ1) is 6.71. The van der Waals surface area contributed by atoms with E-state index in [9.17, 15) is 0 Å². The van der Waals surface area contributed by atoms with Crippen LogP contribution in [0.2, 0.25) is 0 Å². The molecule has 1 unspecified atom stereocenters. The first-order valence-corrected chi connectivity index (χ1v) is 4.16. The fourth-order valence-corrected chi connectivity index (χ4v) is 1.97. The van der Waals surface area contributed by atoms with Gasteiger partial charge in [-0.05, 0) is 36.0 Å². The molecule has 0 spiro atoms. The highest BCUT2D eigenvalue weighted by atomic mass is 14.6. The maximum absolute atomic E-state index is 5.86. The number of nitrogen functional groups attached to an aromatic ring is 1. The zero-order valence-electron chi connectivity index (χ0n) is 6.80. The molecular formula is C10H13N. The minimum atomic E-state index is 0.672. The molecule has 11 heavy (non-hydrogen) atoms. The van der Waals surface area contributed by atoms with E-state index in [0.717, 1.165) is 5.69 Å². The number of aryl methyl sites for hydroxylation is 1. The fraction of sp³-hybridized carbons (Fsp3) is 0.400. The molecule has 58 valence electrons. The van der Waals surface area contributed by atoms with Gasteiger partial charge in [-0.1, -0.05) is 19.1 Å². The van der Waals surface area contributed by atoms with Crippen LogP contribution in [0.5, 0.6) is 0 Å². The van der Waals surface area contributed by atoms with Crippen molar-refractivity contribution < 1.29 is 0 Å². The third kappa shape index (κ3) is 0.917. The van der Waals surface area contributed by atoms with Crippen LogP contribution in [0.4, 0.5) is 5.69 Å². The summed E-state index contributed by atoms with van der Waals surface area (Å²) in [6.45, 7) is 2.25. The van der Waals surface area contributed by atoms with Gasteiger partial charge in [0, 0.05) is 5.69 Å². The maximum Gasteiger partial charge on any atom is 0.0352 e. The Kier molecular flexibility index (Phi) is 1.38. The van der Waals surface area contributed by atoms with Crippen LogP contribution >= 0.6 is 0 Å². The van der Waals surface area contributed by atoms with Gasteiger partial charge in [0.05, 0.1) is 0 Å². The lowest BCUT2D eigenvalue weighted by atomic mass is 10.0. The monoisotopic (exact) mass is 147 g/mol. The van der Waals surface area contributed by atoms with E-state index < -0.39 is 0 Å². The Labute approximate surface area is 67.2 Å². The van der Waals surface area contributed by atoms with Crippen molar-refractivity contribution in [1.29, 1.82) is 0 Å². The molecule has 0 saturated heterocycles. The Hall–Kier alpha value is -0.980. The minimum Gasteiger partial charge on any atom is -0.398 e.